The van der Waals surface area contributed by atoms with Gasteiger partial charge >= 0.3 is 5.69 Å². The first-order valence-electron chi connectivity index (χ1n) is 6.83. The number of rotatable bonds is 3. The van der Waals surface area contributed by atoms with E-state index in [0.717, 1.165) is 0 Å². The minimum Gasteiger partial charge on any atom is -0.492 e. The van der Waals surface area contributed by atoms with Crippen LogP contribution in [-0.2, 0) is 0 Å². The van der Waals surface area contributed by atoms with E-state index in [1.807, 2.05) is 0 Å². The summed E-state index contributed by atoms with van der Waals surface area (Å²) in [5.74, 6) is 1.43. The van der Waals surface area contributed by atoms with Gasteiger partial charge in [0.05, 0.1) is 23.0 Å². The van der Waals surface area contributed by atoms with Crippen molar-refractivity contribution in [2.75, 3.05) is 13.9 Å². The van der Waals surface area contributed by atoms with Crippen molar-refractivity contribution < 1.29 is 23.6 Å². The van der Waals surface area contributed by atoms with Gasteiger partial charge in [-0.2, -0.15) is 0 Å². The minimum atomic E-state index is -0.453. The first kappa shape index (κ1) is 13.4. The molecule has 116 valence electrons. The van der Waals surface area contributed by atoms with E-state index in [1.165, 1.54) is 7.11 Å². The highest BCUT2D eigenvalue weighted by atomic mass is 16.7. The molecule has 0 bridgehead atoms. The van der Waals surface area contributed by atoms with E-state index in [-0.39, 0.29) is 18.2 Å². The third-order valence-electron chi connectivity index (χ3n) is 3.69. The zero-order valence-corrected chi connectivity index (χ0v) is 12.1. The molecule has 23 heavy (non-hydrogen) atoms. The number of hydrogen-bond acceptors (Lipinski definition) is 6. The van der Waals surface area contributed by atoms with Gasteiger partial charge < -0.3 is 18.6 Å². The molecule has 1 aromatic heterocycles. The van der Waals surface area contributed by atoms with Crippen molar-refractivity contribution in [1.29, 1.82) is 0 Å². The molecular weight excluding hydrogens is 302 g/mol. The predicted molar refractivity (Wildman–Crippen MR) is 81.0 cm³/mol. The van der Waals surface area contributed by atoms with Crippen LogP contribution < -0.4 is 14.2 Å². The molecule has 2 aromatic carbocycles. The van der Waals surface area contributed by atoms with Gasteiger partial charge in [-0.25, -0.2) is 0 Å². The standard InChI is InChI=1S/C16H11NO6/c1-20-15-10(6-7-12-16(15)22-8-21-12)14-13(17(18)19)9-4-2-3-5-11(9)23-14/h2-7H,8H2,1H3. The van der Waals surface area contributed by atoms with Gasteiger partial charge in [0.25, 0.3) is 0 Å². The number of nitrogens with zero attached hydrogens (tertiary/aromatic N) is 1. The molecule has 1 aliphatic heterocycles. The average molecular weight is 313 g/mol. The van der Waals surface area contributed by atoms with E-state index < -0.39 is 4.92 Å². The van der Waals surface area contributed by atoms with Crippen LogP contribution in [0.4, 0.5) is 5.69 Å². The third-order valence-corrected chi connectivity index (χ3v) is 3.69. The molecule has 0 amide bonds. The molecule has 0 aliphatic carbocycles. The molecular formula is C16H11NO6. The second-order valence-electron chi connectivity index (χ2n) is 4.91. The van der Waals surface area contributed by atoms with E-state index in [1.54, 1.807) is 36.4 Å². The van der Waals surface area contributed by atoms with Crippen LogP contribution in [0, 0.1) is 10.1 Å². The first-order valence-corrected chi connectivity index (χ1v) is 6.83. The lowest BCUT2D eigenvalue weighted by Gasteiger charge is -2.08. The highest BCUT2D eigenvalue weighted by Gasteiger charge is 2.31. The zero-order chi connectivity index (χ0) is 16.0. The molecule has 0 N–H and O–H groups in total. The smallest absolute Gasteiger partial charge is 0.323 e. The molecule has 7 heteroatoms. The summed E-state index contributed by atoms with van der Waals surface area (Å²) >= 11 is 0. The molecule has 1 aliphatic rings. The fourth-order valence-electron chi connectivity index (χ4n) is 2.72. The van der Waals surface area contributed by atoms with E-state index >= 15 is 0 Å². The maximum atomic E-state index is 11.6. The molecule has 2 heterocycles. The Balaban J connectivity index is 2.04. The monoisotopic (exact) mass is 313 g/mol. The lowest BCUT2D eigenvalue weighted by atomic mass is 10.1. The maximum absolute atomic E-state index is 11.6. The zero-order valence-electron chi connectivity index (χ0n) is 12.1. The van der Waals surface area contributed by atoms with Gasteiger partial charge in [0, 0.05) is 0 Å². The topological polar surface area (TPSA) is 84.0 Å². The minimum absolute atomic E-state index is 0.0807. The van der Waals surface area contributed by atoms with Crippen molar-refractivity contribution in [2.45, 2.75) is 0 Å². The number of fused-ring (bicyclic) bond motifs is 2. The normalized spacial score (nSPS) is 12.6. The Morgan fingerprint density at radius 1 is 1.17 bits per heavy atom. The molecule has 7 nitrogen and oxygen atoms in total. The summed E-state index contributed by atoms with van der Waals surface area (Å²) < 4.78 is 21.8. The molecule has 0 radical (unpaired) electrons. The Kier molecular flexibility index (Phi) is 2.87. The number of para-hydroxylation sites is 1. The number of benzene rings is 2. The van der Waals surface area contributed by atoms with Crippen molar-refractivity contribution in [3.05, 3.63) is 46.5 Å². The lowest BCUT2D eigenvalue weighted by Crippen LogP contribution is -1.95. The fraction of sp³-hybridized carbons (Fsp3) is 0.125. The Bertz CT molecular complexity index is 930. The summed E-state index contributed by atoms with van der Waals surface area (Å²) in [5.41, 5.74) is 0.784. The summed E-state index contributed by atoms with van der Waals surface area (Å²) in [7, 11) is 1.47. The Labute approximate surface area is 130 Å². The Morgan fingerprint density at radius 2 is 2.00 bits per heavy atom. The summed E-state index contributed by atoms with van der Waals surface area (Å²) in [6, 6.07) is 10.2. The molecule has 0 atom stereocenters. The van der Waals surface area contributed by atoms with Gasteiger partial charge in [-0.05, 0) is 24.3 Å². The quantitative estimate of drug-likeness (QED) is 0.541. The molecule has 3 aromatic rings. The number of furan rings is 1. The first-order chi connectivity index (χ1) is 11.2. The number of methoxy groups -OCH3 is 1. The van der Waals surface area contributed by atoms with Crippen molar-refractivity contribution in [1.82, 2.24) is 0 Å². The van der Waals surface area contributed by atoms with E-state index in [4.69, 9.17) is 18.6 Å². The van der Waals surface area contributed by atoms with Gasteiger partial charge in [0.1, 0.15) is 5.58 Å². The van der Waals surface area contributed by atoms with E-state index in [9.17, 15) is 10.1 Å². The average Bonchev–Trinajstić information content (AvgIpc) is 3.17. The highest BCUT2D eigenvalue weighted by molar-refractivity contribution is 5.96. The number of nitro groups is 1. The molecule has 0 fully saturated rings. The van der Waals surface area contributed by atoms with Crippen LogP contribution in [0.2, 0.25) is 0 Å². The molecule has 0 saturated carbocycles. The Hall–Kier alpha value is -3.22. The van der Waals surface area contributed by atoms with Gasteiger partial charge in [0.2, 0.25) is 18.3 Å². The van der Waals surface area contributed by atoms with Gasteiger partial charge in [0.15, 0.2) is 11.5 Å². The summed E-state index contributed by atoms with van der Waals surface area (Å²) in [6.45, 7) is 0.0807. The largest absolute Gasteiger partial charge is 0.492 e. The van der Waals surface area contributed by atoms with Gasteiger partial charge in [-0.1, -0.05) is 12.1 Å². The second-order valence-corrected chi connectivity index (χ2v) is 4.91. The second kappa shape index (κ2) is 4.91. The SMILES string of the molecule is COc1c(-c2oc3ccccc3c2[N+](=O)[O-])ccc2c1OCO2. The van der Waals surface area contributed by atoms with E-state index in [2.05, 4.69) is 0 Å². The molecule has 0 spiro atoms. The van der Waals surface area contributed by atoms with Gasteiger partial charge in [-0.15, -0.1) is 0 Å². The van der Waals surface area contributed by atoms with Crippen LogP contribution in [0.25, 0.3) is 22.3 Å². The van der Waals surface area contributed by atoms with Crippen LogP contribution in [0.3, 0.4) is 0 Å². The van der Waals surface area contributed by atoms with Crippen LogP contribution in [0.15, 0.2) is 40.8 Å². The van der Waals surface area contributed by atoms with Crippen LogP contribution in [-0.4, -0.2) is 18.8 Å². The molecule has 0 saturated heterocycles. The van der Waals surface area contributed by atoms with Crippen molar-refractivity contribution in [2.24, 2.45) is 0 Å². The summed E-state index contributed by atoms with van der Waals surface area (Å²) in [5, 5.41) is 12.0. The summed E-state index contributed by atoms with van der Waals surface area (Å²) in [6.07, 6.45) is 0. The molecule has 0 unspecified atom stereocenters. The van der Waals surface area contributed by atoms with Crippen LogP contribution in [0.5, 0.6) is 17.2 Å². The number of ether oxygens (including phenoxy) is 3. The lowest BCUT2D eigenvalue weighted by molar-refractivity contribution is -0.382. The van der Waals surface area contributed by atoms with Crippen molar-refractivity contribution >= 4 is 16.7 Å². The third kappa shape index (κ3) is 1.90. The summed E-state index contributed by atoms with van der Waals surface area (Å²) in [4.78, 5) is 11.1. The number of hydrogen-bond donors (Lipinski definition) is 0. The predicted octanol–water partition coefficient (Wildman–Crippen LogP) is 3.75. The fourth-order valence-corrected chi connectivity index (χ4v) is 2.72. The molecule has 4 rings (SSSR count). The van der Waals surface area contributed by atoms with Gasteiger partial charge in [-0.3, -0.25) is 10.1 Å². The maximum Gasteiger partial charge on any atom is 0.323 e. The highest BCUT2D eigenvalue weighted by Crippen LogP contribution is 2.50. The van der Waals surface area contributed by atoms with E-state index in [0.29, 0.717) is 33.8 Å². The van der Waals surface area contributed by atoms with Crippen LogP contribution >= 0.6 is 0 Å². The Morgan fingerprint density at radius 3 is 2.78 bits per heavy atom. The van der Waals surface area contributed by atoms with Crippen molar-refractivity contribution in [3.63, 3.8) is 0 Å². The van der Waals surface area contributed by atoms with Crippen molar-refractivity contribution in [3.8, 4) is 28.6 Å². The van der Waals surface area contributed by atoms with Crippen LogP contribution in [0.1, 0.15) is 0 Å².